The van der Waals surface area contributed by atoms with Crippen molar-refractivity contribution in [2.75, 3.05) is 0 Å². The number of hydrogen-bond donors (Lipinski definition) is 0. The van der Waals surface area contributed by atoms with Gasteiger partial charge in [0.2, 0.25) is 0 Å². The van der Waals surface area contributed by atoms with Crippen molar-refractivity contribution in [1.29, 1.82) is 0 Å². The van der Waals surface area contributed by atoms with Crippen molar-refractivity contribution in [3.8, 4) is 0 Å². The zero-order valence-corrected chi connectivity index (χ0v) is 18.7. The van der Waals surface area contributed by atoms with Crippen LogP contribution in [0.3, 0.4) is 0 Å². The molecule has 7 aromatic carbocycles. The Balaban J connectivity index is 0.000000118. The van der Waals surface area contributed by atoms with Gasteiger partial charge in [0.1, 0.15) is 0 Å². The van der Waals surface area contributed by atoms with E-state index in [4.69, 9.17) is 0 Å². The molecular formula is C34H22. The Morgan fingerprint density at radius 2 is 0.765 bits per heavy atom. The van der Waals surface area contributed by atoms with E-state index in [-0.39, 0.29) is 0 Å². The van der Waals surface area contributed by atoms with Gasteiger partial charge in [-0.15, -0.1) is 0 Å². The van der Waals surface area contributed by atoms with Gasteiger partial charge >= 0.3 is 0 Å². The highest BCUT2D eigenvalue weighted by atomic mass is 14.1. The lowest BCUT2D eigenvalue weighted by Crippen LogP contribution is -1.81. The van der Waals surface area contributed by atoms with Crippen LogP contribution in [0.25, 0.3) is 66.0 Å². The Morgan fingerprint density at radius 3 is 1.29 bits per heavy atom. The predicted octanol–water partition coefficient (Wildman–Crippen LogP) is 9.62. The molecule has 158 valence electrons. The predicted molar refractivity (Wildman–Crippen MR) is 149 cm³/mol. The molecule has 1 aliphatic carbocycles. The van der Waals surface area contributed by atoms with Gasteiger partial charge in [-0.2, -0.15) is 0 Å². The maximum absolute atomic E-state index is 2.28. The molecule has 0 bridgehead atoms. The number of hydrogen-bond acceptors (Lipinski definition) is 0. The molecule has 1 aliphatic rings. The van der Waals surface area contributed by atoms with Crippen molar-refractivity contribution in [2.24, 2.45) is 0 Å². The Hall–Kier alpha value is -4.42. The highest BCUT2D eigenvalue weighted by Crippen LogP contribution is 2.37. The van der Waals surface area contributed by atoms with Crippen LogP contribution in [0.1, 0.15) is 11.1 Å². The van der Waals surface area contributed by atoms with E-state index in [0.717, 1.165) is 0 Å². The van der Waals surface area contributed by atoms with Gasteiger partial charge < -0.3 is 0 Å². The van der Waals surface area contributed by atoms with Crippen LogP contribution in [-0.4, -0.2) is 0 Å². The van der Waals surface area contributed by atoms with Gasteiger partial charge in [-0.05, 0) is 71.1 Å². The smallest absolute Gasteiger partial charge is 0.00324 e. The summed E-state index contributed by atoms with van der Waals surface area (Å²) in [6.07, 6.45) is 4.45. The highest BCUT2D eigenvalue weighted by molar-refractivity contribution is 6.25. The van der Waals surface area contributed by atoms with Crippen molar-refractivity contribution in [3.05, 3.63) is 132 Å². The third kappa shape index (κ3) is 2.86. The van der Waals surface area contributed by atoms with Gasteiger partial charge in [-0.3, -0.25) is 0 Å². The largest absolute Gasteiger partial charge is 0.0616 e. The number of rotatable bonds is 0. The Kier molecular flexibility index (Phi) is 4.25. The highest BCUT2D eigenvalue weighted by Gasteiger charge is 2.11. The third-order valence-electron chi connectivity index (χ3n) is 7.04. The minimum absolute atomic E-state index is 1.33. The van der Waals surface area contributed by atoms with Crippen LogP contribution in [0.15, 0.2) is 121 Å². The number of fused-ring (bicyclic) bond motifs is 8. The SMILES string of the molecule is C1=Cc2c3ccccc3cc3cccc1c23.c1ccc2c(c1)c1ccccc1c1ccccc21. The van der Waals surface area contributed by atoms with Crippen LogP contribution < -0.4 is 0 Å². The minimum Gasteiger partial charge on any atom is -0.0616 e. The normalized spacial score (nSPS) is 12.0. The van der Waals surface area contributed by atoms with Crippen LogP contribution >= 0.6 is 0 Å². The molecule has 0 atom stereocenters. The lowest BCUT2D eigenvalue weighted by atomic mass is 9.95. The maximum Gasteiger partial charge on any atom is -0.00324 e. The lowest BCUT2D eigenvalue weighted by Gasteiger charge is -2.09. The van der Waals surface area contributed by atoms with E-state index in [1.165, 1.54) is 65.0 Å². The zero-order valence-electron chi connectivity index (χ0n) is 18.7. The van der Waals surface area contributed by atoms with Gasteiger partial charge in [0.25, 0.3) is 0 Å². The van der Waals surface area contributed by atoms with Gasteiger partial charge in [-0.25, -0.2) is 0 Å². The summed E-state index contributed by atoms with van der Waals surface area (Å²) in [4.78, 5) is 0. The average molecular weight is 431 g/mol. The van der Waals surface area contributed by atoms with E-state index in [0.29, 0.717) is 0 Å². The number of benzene rings is 7. The molecule has 34 heavy (non-hydrogen) atoms. The molecule has 0 saturated carbocycles. The molecule has 0 N–H and O–H groups in total. The molecule has 0 spiro atoms. The molecule has 0 aromatic heterocycles. The molecule has 0 amide bonds. The third-order valence-corrected chi connectivity index (χ3v) is 7.04. The van der Waals surface area contributed by atoms with Gasteiger partial charge in [0.05, 0.1) is 0 Å². The summed E-state index contributed by atoms with van der Waals surface area (Å²) in [5.41, 5.74) is 2.72. The summed E-state index contributed by atoms with van der Waals surface area (Å²) in [5.74, 6) is 0. The first-order valence-electron chi connectivity index (χ1n) is 11.8. The van der Waals surface area contributed by atoms with E-state index >= 15 is 0 Å². The fourth-order valence-corrected chi connectivity index (χ4v) is 5.53. The summed E-state index contributed by atoms with van der Waals surface area (Å²) >= 11 is 0. The van der Waals surface area contributed by atoms with E-state index in [9.17, 15) is 0 Å². The minimum atomic E-state index is 1.33. The molecule has 0 saturated heterocycles. The molecule has 8 rings (SSSR count). The standard InChI is InChI=1S/C18H12.C16H10/c1-2-8-14-13(7-1)15-9-3-4-11-17(15)18-12-6-5-10-16(14)18;1-2-7-14-12(4-1)10-13-6-3-5-11-8-9-15(14)16(11)13/h1-12H;1-10H. The van der Waals surface area contributed by atoms with Crippen molar-refractivity contribution in [2.45, 2.75) is 0 Å². The molecule has 0 heterocycles. The summed E-state index contributed by atoms with van der Waals surface area (Å²) in [6, 6.07) is 43.4. The average Bonchev–Trinajstić information content (AvgIpc) is 3.35. The van der Waals surface area contributed by atoms with E-state index < -0.39 is 0 Å². The van der Waals surface area contributed by atoms with Crippen molar-refractivity contribution >= 4 is 66.0 Å². The van der Waals surface area contributed by atoms with Crippen molar-refractivity contribution in [3.63, 3.8) is 0 Å². The molecule has 0 aliphatic heterocycles. The van der Waals surface area contributed by atoms with E-state index in [1.807, 2.05) is 0 Å². The Labute approximate surface area is 198 Å². The topological polar surface area (TPSA) is 0 Å². The monoisotopic (exact) mass is 430 g/mol. The molecule has 0 fully saturated rings. The molecule has 0 nitrogen and oxygen atoms in total. The van der Waals surface area contributed by atoms with Crippen LogP contribution in [0.5, 0.6) is 0 Å². The molecule has 0 heteroatoms. The second kappa shape index (κ2) is 7.57. The van der Waals surface area contributed by atoms with Crippen LogP contribution in [0.4, 0.5) is 0 Å². The first-order valence-corrected chi connectivity index (χ1v) is 11.8. The van der Waals surface area contributed by atoms with Crippen molar-refractivity contribution in [1.82, 2.24) is 0 Å². The molecular weight excluding hydrogens is 408 g/mol. The molecule has 7 aromatic rings. The van der Waals surface area contributed by atoms with E-state index in [2.05, 4.69) is 133 Å². The summed E-state index contributed by atoms with van der Waals surface area (Å²) in [7, 11) is 0. The van der Waals surface area contributed by atoms with Gasteiger partial charge in [0, 0.05) is 0 Å². The summed E-state index contributed by atoms with van der Waals surface area (Å²) in [5, 5.41) is 13.5. The maximum atomic E-state index is 2.28. The fraction of sp³-hybridized carbons (Fsp3) is 0. The Bertz CT molecular complexity index is 1680. The molecule has 0 radical (unpaired) electrons. The van der Waals surface area contributed by atoms with Crippen LogP contribution in [-0.2, 0) is 0 Å². The Morgan fingerprint density at radius 1 is 0.324 bits per heavy atom. The molecule has 0 unspecified atom stereocenters. The van der Waals surface area contributed by atoms with Crippen LogP contribution in [0, 0.1) is 0 Å². The zero-order chi connectivity index (χ0) is 22.5. The van der Waals surface area contributed by atoms with Crippen LogP contribution in [0.2, 0.25) is 0 Å². The first kappa shape index (κ1) is 19.1. The van der Waals surface area contributed by atoms with E-state index in [1.54, 1.807) is 0 Å². The second-order valence-electron chi connectivity index (χ2n) is 8.93. The fourth-order valence-electron chi connectivity index (χ4n) is 5.53. The van der Waals surface area contributed by atoms with Gasteiger partial charge in [-0.1, -0.05) is 127 Å². The second-order valence-corrected chi connectivity index (χ2v) is 8.93. The lowest BCUT2D eigenvalue weighted by molar-refractivity contribution is 1.74. The van der Waals surface area contributed by atoms with Gasteiger partial charge in [0.15, 0.2) is 0 Å². The first-order chi connectivity index (χ1) is 16.9. The van der Waals surface area contributed by atoms with Crippen molar-refractivity contribution < 1.29 is 0 Å². The summed E-state index contributed by atoms with van der Waals surface area (Å²) < 4.78 is 0. The quantitative estimate of drug-likeness (QED) is 0.166. The summed E-state index contributed by atoms with van der Waals surface area (Å²) in [6.45, 7) is 0.